The number of hydrogen-bond acceptors (Lipinski definition) is 3. The number of alkyl halides is 3. The van der Waals surface area contributed by atoms with Crippen LogP contribution in [0.15, 0.2) is 18.2 Å². The molecule has 1 atom stereocenters. The fourth-order valence-electron chi connectivity index (χ4n) is 1.84. The molecule has 0 unspecified atom stereocenters. The van der Waals surface area contributed by atoms with Gasteiger partial charge in [-0.15, -0.1) is 0 Å². The molecule has 0 radical (unpaired) electrons. The third-order valence-electron chi connectivity index (χ3n) is 2.98. The van der Waals surface area contributed by atoms with Crippen molar-refractivity contribution in [3.05, 3.63) is 34.3 Å². The van der Waals surface area contributed by atoms with Crippen LogP contribution in [0.3, 0.4) is 0 Å². The molecule has 136 valence electrons. The normalized spacial score (nSPS) is 13.5. The number of amides is 1. The van der Waals surface area contributed by atoms with Gasteiger partial charge in [0.05, 0.1) is 10.6 Å². The van der Waals surface area contributed by atoms with E-state index in [9.17, 15) is 18.0 Å². The first-order valence-corrected chi connectivity index (χ1v) is 7.83. The van der Waals surface area contributed by atoms with Crippen molar-refractivity contribution >= 4 is 17.7 Å². The van der Waals surface area contributed by atoms with Crippen molar-refractivity contribution in [3.8, 4) is 0 Å². The molecule has 1 rings (SSSR count). The Bertz CT molecular complexity index is 571. The average Bonchev–Trinajstić information content (AvgIpc) is 2.41. The summed E-state index contributed by atoms with van der Waals surface area (Å²) in [6.45, 7) is 7.47. The number of alkyl carbamates (subject to hydrolysis) is 1. The highest BCUT2D eigenvalue weighted by Crippen LogP contribution is 2.36. The smallest absolute Gasteiger partial charge is 0.417 e. The highest BCUT2D eigenvalue weighted by molar-refractivity contribution is 6.32. The average molecular weight is 367 g/mol. The van der Waals surface area contributed by atoms with Crippen LogP contribution in [0.1, 0.15) is 38.8 Å². The van der Waals surface area contributed by atoms with E-state index in [1.807, 2.05) is 0 Å². The van der Waals surface area contributed by atoms with Crippen molar-refractivity contribution in [1.29, 1.82) is 0 Å². The van der Waals surface area contributed by atoms with E-state index in [1.54, 1.807) is 27.7 Å². The fourth-order valence-corrected chi connectivity index (χ4v) is 2.14. The van der Waals surface area contributed by atoms with Crippen molar-refractivity contribution in [2.75, 3.05) is 6.54 Å². The molecule has 1 amide bonds. The van der Waals surface area contributed by atoms with Gasteiger partial charge >= 0.3 is 12.3 Å². The van der Waals surface area contributed by atoms with Crippen LogP contribution in [-0.2, 0) is 17.5 Å². The molecule has 0 saturated carbocycles. The van der Waals surface area contributed by atoms with Crippen LogP contribution in [0.4, 0.5) is 18.0 Å². The standard InChI is InChI=1S/C16H22ClF3N2O2/c1-10(8-22-14(23)24-15(2,3)4)21-9-11-6-5-7-12(13(11)17)16(18,19)20/h5-7,10,21H,8-9H2,1-4H3,(H,22,23)/t10-/m0/s1. The highest BCUT2D eigenvalue weighted by Gasteiger charge is 2.33. The third kappa shape index (κ3) is 6.97. The van der Waals surface area contributed by atoms with E-state index in [0.29, 0.717) is 5.56 Å². The molecule has 1 aromatic carbocycles. The predicted octanol–water partition coefficient (Wildman–Crippen LogP) is 4.36. The lowest BCUT2D eigenvalue weighted by Crippen LogP contribution is -2.41. The van der Waals surface area contributed by atoms with Gasteiger partial charge in [-0.2, -0.15) is 13.2 Å². The number of rotatable bonds is 5. The van der Waals surface area contributed by atoms with Crippen LogP contribution in [0.5, 0.6) is 0 Å². The Labute approximate surface area is 144 Å². The van der Waals surface area contributed by atoms with Gasteiger partial charge in [-0.3, -0.25) is 0 Å². The third-order valence-corrected chi connectivity index (χ3v) is 3.42. The number of carbonyl (C=O) groups is 1. The second kappa shape index (κ2) is 8.07. The second-order valence-electron chi connectivity index (χ2n) is 6.44. The summed E-state index contributed by atoms with van der Waals surface area (Å²) in [7, 11) is 0. The topological polar surface area (TPSA) is 50.4 Å². The molecule has 0 saturated heterocycles. The molecular formula is C16H22ClF3N2O2. The first-order chi connectivity index (χ1) is 10.9. The van der Waals surface area contributed by atoms with Crippen LogP contribution < -0.4 is 10.6 Å². The van der Waals surface area contributed by atoms with Crippen LogP contribution >= 0.6 is 11.6 Å². The minimum Gasteiger partial charge on any atom is -0.444 e. The zero-order valence-corrected chi connectivity index (χ0v) is 14.8. The maximum Gasteiger partial charge on any atom is 0.417 e. The Morgan fingerprint density at radius 2 is 1.92 bits per heavy atom. The summed E-state index contributed by atoms with van der Waals surface area (Å²) in [6.07, 6.45) is -5.04. The van der Waals surface area contributed by atoms with E-state index in [1.165, 1.54) is 12.1 Å². The number of halogens is 4. The number of nitrogens with one attached hydrogen (secondary N) is 2. The van der Waals surface area contributed by atoms with Crippen molar-refractivity contribution in [3.63, 3.8) is 0 Å². The quantitative estimate of drug-likeness (QED) is 0.814. The van der Waals surface area contributed by atoms with E-state index in [0.717, 1.165) is 6.07 Å². The second-order valence-corrected chi connectivity index (χ2v) is 6.82. The van der Waals surface area contributed by atoms with Crippen molar-refractivity contribution in [2.24, 2.45) is 0 Å². The molecule has 0 aliphatic heterocycles. The van der Waals surface area contributed by atoms with Crippen LogP contribution in [0, 0.1) is 0 Å². The maximum absolute atomic E-state index is 12.8. The van der Waals surface area contributed by atoms with E-state index in [-0.39, 0.29) is 24.2 Å². The van der Waals surface area contributed by atoms with E-state index in [4.69, 9.17) is 16.3 Å². The SMILES string of the molecule is C[C@@H](CNC(=O)OC(C)(C)C)NCc1cccc(C(F)(F)F)c1Cl. The lowest BCUT2D eigenvalue weighted by molar-refractivity contribution is -0.137. The van der Waals surface area contributed by atoms with Gasteiger partial charge in [0.15, 0.2) is 0 Å². The highest BCUT2D eigenvalue weighted by atomic mass is 35.5. The zero-order chi connectivity index (χ0) is 18.5. The van der Waals surface area contributed by atoms with Gasteiger partial charge < -0.3 is 15.4 Å². The number of ether oxygens (including phenoxy) is 1. The van der Waals surface area contributed by atoms with Crippen molar-refractivity contribution in [2.45, 2.75) is 52.1 Å². The van der Waals surface area contributed by atoms with Gasteiger partial charge in [0.25, 0.3) is 0 Å². The molecule has 1 aromatic rings. The molecule has 2 N–H and O–H groups in total. The lowest BCUT2D eigenvalue weighted by atomic mass is 10.1. The Balaban J connectivity index is 2.54. The molecule has 0 aliphatic rings. The predicted molar refractivity (Wildman–Crippen MR) is 87.0 cm³/mol. The molecule has 0 spiro atoms. The first-order valence-electron chi connectivity index (χ1n) is 7.45. The summed E-state index contributed by atoms with van der Waals surface area (Å²) in [5, 5.41) is 5.29. The van der Waals surface area contributed by atoms with Gasteiger partial charge in [-0.05, 0) is 39.3 Å². The van der Waals surface area contributed by atoms with Crippen LogP contribution in [-0.4, -0.2) is 24.3 Å². The maximum atomic E-state index is 12.8. The first kappa shape index (κ1) is 20.6. The summed E-state index contributed by atoms with van der Waals surface area (Å²) in [5.41, 5.74) is -1.11. The van der Waals surface area contributed by atoms with Crippen LogP contribution in [0.25, 0.3) is 0 Å². The molecule has 0 aliphatic carbocycles. The summed E-state index contributed by atoms with van der Waals surface area (Å²) in [5.74, 6) is 0. The molecule has 0 heterocycles. The van der Waals surface area contributed by atoms with Crippen molar-refractivity contribution < 1.29 is 22.7 Å². The van der Waals surface area contributed by atoms with Gasteiger partial charge in [0.2, 0.25) is 0 Å². The lowest BCUT2D eigenvalue weighted by Gasteiger charge is -2.21. The monoisotopic (exact) mass is 366 g/mol. The van der Waals surface area contributed by atoms with Gasteiger partial charge in [-0.25, -0.2) is 4.79 Å². The zero-order valence-electron chi connectivity index (χ0n) is 14.1. The van der Waals surface area contributed by atoms with Gasteiger partial charge in [0.1, 0.15) is 5.60 Å². The number of hydrogen-bond donors (Lipinski definition) is 2. The molecule has 0 fully saturated rings. The fraction of sp³-hybridized carbons (Fsp3) is 0.562. The molecule has 0 aromatic heterocycles. The summed E-state index contributed by atoms with van der Waals surface area (Å²) in [4.78, 5) is 11.5. The summed E-state index contributed by atoms with van der Waals surface area (Å²) < 4.78 is 43.5. The Morgan fingerprint density at radius 1 is 1.29 bits per heavy atom. The molecule has 24 heavy (non-hydrogen) atoms. The van der Waals surface area contributed by atoms with E-state index in [2.05, 4.69) is 10.6 Å². The largest absolute Gasteiger partial charge is 0.444 e. The van der Waals surface area contributed by atoms with Crippen LogP contribution in [0.2, 0.25) is 5.02 Å². The summed E-state index contributed by atoms with van der Waals surface area (Å²) in [6, 6.07) is 3.61. The Morgan fingerprint density at radius 3 is 2.46 bits per heavy atom. The molecular weight excluding hydrogens is 345 g/mol. The van der Waals surface area contributed by atoms with Gasteiger partial charge in [0, 0.05) is 19.1 Å². The number of carbonyl (C=O) groups excluding carboxylic acids is 1. The number of benzene rings is 1. The molecule has 4 nitrogen and oxygen atoms in total. The van der Waals surface area contributed by atoms with Gasteiger partial charge in [-0.1, -0.05) is 23.7 Å². The Hall–Kier alpha value is -1.47. The van der Waals surface area contributed by atoms with E-state index >= 15 is 0 Å². The Kier molecular flexibility index (Phi) is 6.92. The molecule has 8 heteroatoms. The molecule has 0 bridgehead atoms. The summed E-state index contributed by atoms with van der Waals surface area (Å²) >= 11 is 5.83. The van der Waals surface area contributed by atoms with E-state index < -0.39 is 23.4 Å². The minimum absolute atomic E-state index is 0.153. The minimum atomic E-state index is -4.49. The van der Waals surface area contributed by atoms with Crippen molar-refractivity contribution in [1.82, 2.24) is 10.6 Å².